The number of aromatic amines is 1. The van der Waals surface area contributed by atoms with Gasteiger partial charge in [0.25, 0.3) is 5.91 Å². The summed E-state index contributed by atoms with van der Waals surface area (Å²) in [6, 6.07) is 8.20. The Balaban J connectivity index is 1.46. The number of sulfonamides is 1. The number of carbonyl (C=O) groups is 1. The molecule has 1 aliphatic heterocycles. The van der Waals surface area contributed by atoms with Crippen LogP contribution in [-0.2, 0) is 22.9 Å². The van der Waals surface area contributed by atoms with Gasteiger partial charge >= 0.3 is 0 Å². The molecule has 1 aromatic carbocycles. The molecule has 1 fully saturated rings. The van der Waals surface area contributed by atoms with Crippen molar-refractivity contribution in [2.45, 2.75) is 24.2 Å². The van der Waals surface area contributed by atoms with Gasteiger partial charge in [-0.25, -0.2) is 8.42 Å². The van der Waals surface area contributed by atoms with Crippen molar-refractivity contribution in [2.24, 2.45) is 0 Å². The van der Waals surface area contributed by atoms with E-state index in [4.69, 9.17) is 0 Å². The minimum atomic E-state index is -3.56. The Bertz CT molecular complexity index is 1020. The molecule has 8 heteroatoms. The molecule has 0 saturated carbocycles. The van der Waals surface area contributed by atoms with E-state index in [0.29, 0.717) is 23.5 Å². The summed E-state index contributed by atoms with van der Waals surface area (Å²) in [7, 11) is -3.56. The number of rotatable bonds is 3. The summed E-state index contributed by atoms with van der Waals surface area (Å²) in [5, 5.41) is 0. The van der Waals surface area contributed by atoms with Crippen molar-refractivity contribution in [3.8, 4) is 0 Å². The minimum Gasteiger partial charge on any atom is -0.336 e. The highest BCUT2D eigenvalue weighted by Crippen LogP contribution is 2.26. The number of amides is 1. The maximum Gasteiger partial charge on any atom is 0.255 e. The molecule has 1 aromatic heterocycles. The van der Waals surface area contributed by atoms with Crippen LogP contribution in [0.25, 0.3) is 0 Å². The van der Waals surface area contributed by atoms with Crippen LogP contribution in [0.5, 0.6) is 0 Å². The second-order valence-electron chi connectivity index (χ2n) is 6.92. The van der Waals surface area contributed by atoms with E-state index in [9.17, 15) is 18.0 Å². The van der Waals surface area contributed by atoms with Crippen molar-refractivity contribution in [3.63, 3.8) is 0 Å². The number of piperazine rings is 1. The molecular weight excluding hydrogens is 366 g/mol. The molecule has 1 saturated heterocycles. The second kappa shape index (κ2) is 6.94. The maximum atomic E-state index is 13.0. The van der Waals surface area contributed by atoms with E-state index in [1.807, 2.05) is 6.07 Å². The molecule has 0 unspecified atom stereocenters. The fraction of sp³-hybridized carbons (Fsp3) is 0.368. The monoisotopic (exact) mass is 387 g/mol. The zero-order valence-electron chi connectivity index (χ0n) is 14.8. The van der Waals surface area contributed by atoms with Crippen LogP contribution in [0.1, 0.15) is 27.9 Å². The molecular formula is C19H21N3O4S. The van der Waals surface area contributed by atoms with Gasteiger partial charge < -0.3 is 9.88 Å². The fourth-order valence-electron chi connectivity index (χ4n) is 3.72. The van der Waals surface area contributed by atoms with Crippen molar-refractivity contribution in [3.05, 3.63) is 63.6 Å². The molecule has 7 nitrogen and oxygen atoms in total. The van der Waals surface area contributed by atoms with Crippen molar-refractivity contribution in [1.82, 2.24) is 14.2 Å². The highest BCUT2D eigenvalue weighted by atomic mass is 32.2. The number of H-pyrrole nitrogens is 1. The van der Waals surface area contributed by atoms with Crippen LogP contribution in [0, 0.1) is 0 Å². The number of nitrogens with zero attached hydrogens (tertiary/aromatic N) is 2. The Morgan fingerprint density at radius 2 is 1.70 bits per heavy atom. The van der Waals surface area contributed by atoms with Crippen molar-refractivity contribution >= 4 is 15.9 Å². The first-order chi connectivity index (χ1) is 12.9. The van der Waals surface area contributed by atoms with Gasteiger partial charge in [-0.1, -0.05) is 6.07 Å². The second-order valence-corrected chi connectivity index (χ2v) is 8.86. The van der Waals surface area contributed by atoms with Crippen LogP contribution in [0.3, 0.4) is 0 Å². The smallest absolute Gasteiger partial charge is 0.255 e. The summed E-state index contributed by atoms with van der Waals surface area (Å²) in [5.74, 6) is -0.208. The summed E-state index contributed by atoms with van der Waals surface area (Å²) in [6.45, 7) is 1.16. The van der Waals surface area contributed by atoms with Crippen LogP contribution in [0.2, 0.25) is 0 Å². The number of hydrogen-bond acceptors (Lipinski definition) is 4. The number of aryl methyl sites for hydroxylation is 2. The Labute approximate surface area is 157 Å². The normalized spacial score (nSPS) is 17.7. The Morgan fingerprint density at radius 1 is 0.963 bits per heavy atom. The first-order valence-electron chi connectivity index (χ1n) is 9.05. The van der Waals surface area contributed by atoms with Gasteiger partial charge in [0, 0.05) is 38.4 Å². The van der Waals surface area contributed by atoms with Crippen LogP contribution in [0.15, 0.2) is 46.2 Å². The molecule has 4 rings (SSSR count). The largest absolute Gasteiger partial charge is 0.336 e. The van der Waals surface area contributed by atoms with Crippen molar-refractivity contribution < 1.29 is 13.2 Å². The molecule has 1 amide bonds. The number of aromatic nitrogens is 1. The quantitative estimate of drug-likeness (QED) is 0.851. The maximum absolute atomic E-state index is 13.0. The number of hydrogen-bond donors (Lipinski definition) is 1. The van der Waals surface area contributed by atoms with E-state index in [-0.39, 0.29) is 24.6 Å². The fourth-order valence-corrected chi connectivity index (χ4v) is 5.19. The lowest BCUT2D eigenvalue weighted by Gasteiger charge is -2.34. The Kier molecular flexibility index (Phi) is 4.61. The molecule has 1 aliphatic carbocycles. The Hall–Kier alpha value is -2.45. The number of nitrogens with one attached hydrogen (secondary N) is 1. The summed E-state index contributed by atoms with van der Waals surface area (Å²) < 4.78 is 27.4. The molecule has 2 aliphatic rings. The lowest BCUT2D eigenvalue weighted by atomic mass is 10.1. The van der Waals surface area contributed by atoms with Crippen molar-refractivity contribution in [1.29, 1.82) is 0 Å². The first-order valence-corrected chi connectivity index (χ1v) is 10.5. The zero-order valence-corrected chi connectivity index (χ0v) is 15.7. The lowest BCUT2D eigenvalue weighted by molar-refractivity contribution is 0.0697. The van der Waals surface area contributed by atoms with E-state index in [2.05, 4.69) is 4.98 Å². The summed E-state index contributed by atoms with van der Waals surface area (Å²) in [5.41, 5.74) is 2.49. The SMILES string of the molecule is O=C(c1ccc(=O)[nH]c1)N1CCN(S(=O)(=O)c2ccc3c(c2)CCC3)CC1. The number of pyridine rings is 1. The zero-order chi connectivity index (χ0) is 19.0. The molecule has 2 heterocycles. The van der Waals surface area contributed by atoms with Crippen molar-refractivity contribution in [2.75, 3.05) is 26.2 Å². The van der Waals surface area contributed by atoms with E-state index in [1.165, 1.54) is 28.2 Å². The van der Waals surface area contributed by atoms with Gasteiger partial charge in [-0.3, -0.25) is 9.59 Å². The average Bonchev–Trinajstić information content (AvgIpc) is 3.16. The summed E-state index contributed by atoms with van der Waals surface area (Å²) in [4.78, 5) is 28.1. The molecule has 0 bridgehead atoms. The third-order valence-electron chi connectivity index (χ3n) is 5.26. The van der Waals surface area contributed by atoms with Gasteiger partial charge in [0.2, 0.25) is 15.6 Å². The molecule has 0 radical (unpaired) electrons. The minimum absolute atomic E-state index is 0.208. The molecule has 142 valence electrons. The molecule has 1 N–H and O–H groups in total. The molecule has 2 aromatic rings. The summed E-state index contributed by atoms with van der Waals surface area (Å²) >= 11 is 0. The molecule has 0 atom stereocenters. The van der Waals surface area contributed by atoms with E-state index >= 15 is 0 Å². The molecule has 0 spiro atoms. The summed E-state index contributed by atoms with van der Waals surface area (Å²) in [6.07, 6.45) is 4.41. The lowest BCUT2D eigenvalue weighted by Crippen LogP contribution is -2.50. The van der Waals surface area contributed by atoms with Crippen LogP contribution >= 0.6 is 0 Å². The van der Waals surface area contributed by atoms with E-state index in [1.54, 1.807) is 17.0 Å². The standard InChI is InChI=1S/C19H21N3O4S/c23-18-7-5-16(13-20-18)19(24)21-8-10-22(11-9-21)27(25,26)17-6-4-14-2-1-3-15(14)12-17/h4-7,12-13H,1-3,8-11H2,(H,20,23). The topological polar surface area (TPSA) is 90.6 Å². The number of carbonyl (C=O) groups excluding carboxylic acids is 1. The predicted octanol–water partition coefficient (Wildman–Crippen LogP) is 1.01. The van der Waals surface area contributed by atoms with Gasteiger partial charge in [0.1, 0.15) is 0 Å². The van der Waals surface area contributed by atoms with Gasteiger partial charge in [0.05, 0.1) is 10.5 Å². The highest BCUT2D eigenvalue weighted by Gasteiger charge is 2.31. The van der Waals surface area contributed by atoms with Crippen LogP contribution < -0.4 is 5.56 Å². The van der Waals surface area contributed by atoms with E-state index in [0.717, 1.165) is 24.8 Å². The first kappa shape index (κ1) is 17.9. The predicted molar refractivity (Wildman–Crippen MR) is 100 cm³/mol. The van der Waals surface area contributed by atoms with E-state index < -0.39 is 10.0 Å². The Morgan fingerprint density at radius 3 is 2.41 bits per heavy atom. The number of benzene rings is 1. The number of fused-ring (bicyclic) bond motifs is 1. The van der Waals surface area contributed by atoms with Crippen LogP contribution in [0.4, 0.5) is 0 Å². The van der Waals surface area contributed by atoms with Gasteiger partial charge in [-0.05, 0) is 48.6 Å². The average molecular weight is 387 g/mol. The van der Waals surface area contributed by atoms with Gasteiger partial charge in [-0.2, -0.15) is 4.31 Å². The van der Waals surface area contributed by atoms with Gasteiger partial charge in [-0.15, -0.1) is 0 Å². The van der Waals surface area contributed by atoms with Gasteiger partial charge in [0.15, 0.2) is 0 Å². The molecule has 27 heavy (non-hydrogen) atoms. The van der Waals surface area contributed by atoms with Crippen LogP contribution in [-0.4, -0.2) is 54.7 Å². The third kappa shape index (κ3) is 3.42. The highest BCUT2D eigenvalue weighted by molar-refractivity contribution is 7.89. The third-order valence-corrected chi connectivity index (χ3v) is 7.16.